The SMILES string of the molecule is Cc1cc(C)c(CN2CCC(NCC3CC3)CC2)cc1C. The molecule has 0 spiro atoms. The van der Waals surface area contributed by atoms with Crippen LogP contribution < -0.4 is 5.32 Å². The van der Waals surface area contributed by atoms with Crippen LogP contribution in [-0.2, 0) is 6.54 Å². The summed E-state index contributed by atoms with van der Waals surface area (Å²) in [5.74, 6) is 1.00. The highest BCUT2D eigenvalue weighted by molar-refractivity contribution is 5.36. The van der Waals surface area contributed by atoms with Gasteiger partial charge in [-0.2, -0.15) is 0 Å². The zero-order valence-electron chi connectivity index (χ0n) is 13.9. The lowest BCUT2D eigenvalue weighted by atomic mass is 9.99. The summed E-state index contributed by atoms with van der Waals surface area (Å²) >= 11 is 0. The molecule has 1 saturated heterocycles. The van der Waals surface area contributed by atoms with Gasteiger partial charge in [-0.25, -0.2) is 0 Å². The minimum Gasteiger partial charge on any atom is -0.314 e. The molecule has 2 heteroatoms. The molecule has 1 saturated carbocycles. The fourth-order valence-electron chi connectivity index (χ4n) is 3.38. The zero-order valence-corrected chi connectivity index (χ0v) is 13.9. The van der Waals surface area contributed by atoms with E-state index in [2.05, 4.69) is 43.1 Å². The van der Waals surface area contributed by atoms with E-state index in [0.29, 0.717) is 0 Å². The summed E-state index contributed by atoms with van der Waals surface area (Å²) < 4.78 is 0. The van der Waals surface area contributed by atoms with E-state index in [1.165, 1.54) is 67.6 Å². The molecule has 1 aromatic rings. The maximum atomic E-state index is 3.77. The molecule has 116 valence electrons. The van der Waals surface area contributed by atoms with E-state index in [1.54, 1.807) is 0 Å². The molecule has 0 unspecified atom stereocenters. The van der Waals surface area contributed by atoms with E-state index in [1.807, 2.05) is 0 Å². The number of rotatable bonds is 5. The highest BCUT2D eigenvalue weighted by atomic mass is 15.1. The van der Waals surface area contributed by atoms with Gasteiger partial charge in [0, 0.05) is 12.6 Å². The zero-order chi connectivity index (χ0) is 14.8. The molecule has 1 N–H and O–H groups in total. The van der Waals surface area contributed by atoms with Crippen LogP contribution in [0, 0.1) is 26.7 Å². The molecule has 2 nitrogen and oxygen atoms in total. The third kappa shape index (κ3) is 4.08. The Morgan fingerprint density at radius 3 is 2.29 bits per heavy atom. The normalized spacial score (nSPS) is 20.9. The Morgan fingerprint density at radius 1 is 0.952 bits per heavy atom. The highest BCUT2D eigenvalue weighted by Crippen LogP contribution is 2.28. The average Bonchev–Trinajstić information content (AvgIpc) is 3.28. The van der Waals surface area contributed by atoms with Gasteiger partial charge in [0.05, 0.1) is 0 Å². The molecule has 1 aliphatic carbocycles. The molecule has 0 amide bonds. The molecule has 2 fully saturated rings. The lowest BCUT2D eigenvalue weighted by molar-refractivity contribution is 0.190. The summed E-state index contributed by atoms with van der Waals surface area (Å²) in [4.78, 5) is 2.63. The van der Waals surface area contributed by atoms with Crippen molar-refractivity contribution in [3.8, 4) is 0 Å². The first-order valence-electron chi connectivity index (χ1n) is 8.64. The third-order valence-electron chi connectivity index (χ3n) is 5.33. The maximum absolute atomic E-state index is 3.77. The Bertz CT molecular complexity index is 483. The minimum absolute atomic E-state index is 0.766. The number of piperidine rings is 1. The van der Waals surface area contributed by atoms with Gasteiger partial charge < -0.3 is 5.32 Å². The average molecular weight is 286 g/mol. The number of benzene rings is 1. The first-order valence-corrected chi connectivity index (χ1v) is 8.64. The molecule has 1 aromatic carbocycles. The van der Waals surface area contributed by atoms with Crippen molar-refractivity contribution in [2.24, 2.45) is 5.92 Å². The molecular formula is C19H30N2. The minimum atomic E-state index is 0.766. The largest absolute Gasteiger partial charge is 0.314 e. The first-order chi connectivity index (χ1) is 10.1. The van der Waals surface area contributed by atoms with Crippen LogP contribution >= 0.6 is 0 Å². The van der Waals surface area contributed by atoms with Gasteiger partial charge in [0.25, 0.3) is 0 Å². The Balaban J connectivity index is 1.49. The molecular weight excluding hydrogens is 256 g/mol. The van der Waals surface area contributed by atoms with Crippen molar-refractivity contribution in [3.63, 3.8) is 0 Å². The van der Waals surface area contributed by atoms with Crippen LogP contribution in [0.3, 0.4) is 0 Å². The number of likely N-dealkylation sites (tertiary alicyclic amines) is 1. The molecule has 0 radical (unpaired) electrons. The van der Waals surface area contributed by atoms with Crippen molar-refractivity contribution in [1.82, 2.24) is 10.2 Å². The number of nitrogens with one attached hydrogen (secondary N) is 1. The van der Waals surface area contributed by atoms with Crippen molar-refractivity contribution >= 4 is 0 Å². The summed E-state index contributed by atoms with van der Waals surface area (Å²) in [6.45, 7) is 11.6. The number of aryl methyl sites for hydroxylation is 3. The van der Waals surface area contributed by atoms with Gasteiger partial charge in [-0.15, -0.1) is 0 Å². The Labute approximate surface area is 129 Å². The first kappa shape index (κ1) is 15.1. The second-order valence-electron chi connectivity index (χ2n) is 7.26. The summed E-state index contributed by atoms with van der Waals surface area (Å²) in [5.41, 5.74) is 5.81. The van der Waals surface area contributed by atoms with Crippen LogP contribution in [0.2, 0.25) is 0 Å². The van der Waals surface area contributed by atoms with Crippen molar-refractivity contribution in [2.45, 2.75) is 59.0 Å². The van der Waals surface area contributed by atoms with Crippen LogP contribution in [0.1, 0.15) is 47.9 Å². The van der Waals surface area contributed by atoms with E-state index in [9.17, 15) is 0 Å². The number of hydrogen-bond donors (Lipinski definition) is 1. The Kier molecular flexibility index (Phi) is 4.66. The highest BCUT2D eigenvalue weighted by Gasteiger charge is 2.24. The van der Waals surface area contributed by atoms with Crippen LogP contribution in [0.5, 0.6) is 0 Å². The van der Waals surface area contributed by atoms with Gasteiger partial charge in [0.1, 0.15) is 0 Å². The van der Waals surface area contributed by atoms with Crippen LogP contribution in [0.25, 0.3) is 0 Å². The molecule has 1 heterocycles. The second-order valence-corrected chi connectivity index (χ2v) is 7.26. The van der Waals surface area contributed by atoms with Crippen molar-refractivity contribution < 1.29 is 0 Å². The number of nitrogens with zero attached hydrogens (tertiary/aromatic N) is 1. The molecule has 0 atom stereocenters. The van der Waals surface area contributed by atoms with Crippen molar-refractivity contribution in [1.29, 1.82) is 0 Å². The molecule has 1 aliphatic heterocycles. The fourth-order valence-corrected chi connectivity index (χ4v) is 3.38. The van der Waals surface area contributed by atoms with Gasteiger partial charge >= 0.3 is 0 Å². The monoisotopic (exact) mass is 286 g/mol. The van der Waals surface area contributed by atoms with E-state index < -0.39 is 0 Å². The molecule has 0 bridgehead atoms. The standard InChI is InChI=1S/C19H30N2/c1-14-10-16(3)18(11-15(14)2)13-21-8-6-19(7-9-21)20-12-17-4-5-17/h10-11,17,19-20H,4-9,12-13H2,1-3H3. The lowest BCUT2D eigenvalue weighted by Crippen LogP contribution is -2.42. The predicted molar refractivity (Wildman–Crippen MR) is 89.7 cm³/mol. The lowest BCUT2D eigenvalue weighted by Gasteiger charge is -2.33. The molecule has 3 rings (SSSR count). The van der Waals surface area contributed by atoms with Gasteiger partial charge in [0.15, 0.2) is 0 Å². The summed E-state index contributed by atoms with van der Waals surface area (Å²) in [7, 11) is 0. The fraction of sp³-hybridized carbons (Fsp3) is 0.684. The topological polar surface area (TPSA) is 15.3 Å². The van der Waals surface area contributed by atoms with Gasteiger partial charge in [-0.1, -0.05) is 12.1 Å². The van der Waals surface area contributed by atoms with Gasteiger partial charge in [0.2, 0.25) is 0 Å². The summed E-state index contributed by atoms with van der Waals surface area (Å²) in [6.07, 6.45) is 5.54. The van der Waals surface area contributed by atoms with Gasteiger partial charge in [-0.05, 0) is 94.3 Å². The summed E-state index contributed by atoms with van der Waals surface area (Å²) in [5, 5.41) is 3.77. The van der Waals surface area contributed by atoms with E-state index >= 15 is 0 Å². The molecule has 0 aromatic heterocycles. The van der Waals surface area contributed by atoms with E-state index in [-0.39, 0.29) is 0 Å². The third-order valence-corrected chi connectivity index (χ3v) is 5.33. The summed E-state index contributed by atoms with van der Waals surface area (Å²) in [6, 6.07) is 5.50. The Morgan fingerprint density at radius 2 is 1.62 bits per heavy atom. The van der Waals surface area contributed by atoms with Crippen LogP contribution in [0.15, 0.2) is 12.1 Å². The molecule has 2 aliphatic rings. The maximum Gasteiger partial charge on any atom is 0.0236 e. The predicted octanol–water partition coefficient (Wildman–Crippen LogP) is 3.58. The van der Waals surface area contributed by atoms with Crippen LogP contribution in [-0.4, -0.2) is 30.6 Å². The quantitative estimate of drug-likeness (QED) is 0.890. The van der Waals surface area contributed by atoms with Gasteiger partial charge in [-0.3, -0.25) is 4.90 Å². The van der Waals surface area contributed by atoms with Crippen molar-refractivity contribution in [2.75, 3.05) is 19.6 Å². The second kappa shape index (κ2) is 6.50. The van der Waals surface area contributed by atoms with Crippen LogP contribution in [0.4, 0.5) is 0 Å². The van der Waals surface area contributed by atoms with E-state index in [0.717, 1.165) is 18.5 Å². The van der Waals surface area contributed by atoms with Crippen molar-refractivity contribution in [3.05, 3.63) is 34.4 Å². The number of hydrogen-bond acceptors (Lipinski definition) is 2. The Hall–Kier alpha value is -0.860. The molecule has 21 heavy (non-hydrogen) atoms. The van der Waals surface area contributed by atoms with E-state index in [4.69, 9.17) is 0 Å². The smallest absolute Gasteiger partial charge is 0.0236 e.